The highest BCUT2D eigenvalue weighted by Gasteiger charge is 2.40. The van der Waals surface area contributed by atoms with Crippen molar-refractivity contribution in [1.82, 2.24) is 10.6 Å². The highest BCUT2D eigenvalue weighted by atomic mass is 19.4. The lowest BCUT2D eigenvalue weighted by Gasteiger charge is -2.21. The van der Waals surface area contributed by atoms with Crippen LogP contribution in [0.5, 0.6) is 0 Å². The van der Waals surface area contributed by atoms with Gasteiger partial charge in [-0.15, -0.1) is 0 Å². The fourth-order valence-corrected chi connectivity index (χ4v) is 2.05. The number of esters is 1. The summed E-state index contributed by atoms with van der Waals surface area (Å²) in [5.41, 5.74) is 0.0517. The summed E-state index contributed by atoms with van der Waals surface area (Å²) in [5, 5.41) is 4.74. The summed E-state index contributed by atoms with van der Waals surface area (Å²) in [6.07, 6.45) is -3.17. The molecule has 0 saturated heterocycles. The molecule has 1 rings (SSSR count). The van der Waals surface area contributed by atoms with Crippen molar-refractivity contribution in [1.29, 1.82) is 0 Å². The SMILES string of the molecule is COC(=O)CCCCNC(=O)CN[C@@H](c1ccccc1)C(F)(F)F. The molecule has 0 aliphatic heterocycles. The van der Waals surface area contributed by atoms with Crippen LogP contribution in [-0.2, 0) is 14.3 Å². The van der Waals surface area contributed by atoms with Crippen LogP contribution in [0.4, 0.5) is 13.2 Å². The Kier molecular flexibility index (Phi) is 8.25. The molecule has 0 spiro atoms. The van der Waals surface area contributed by atoms with E-state index in [1.54, 1.807) is 6.07 Å². The highest BCUT2D eigenvalue weighted by molar-refractivity contribution is 5.78. The Bertz CT molecular complexity index is 521. The molecule has 0 fully saturated rings. The lowest BCUT2D eigenvalue weighted by Crippen LogP contribution is -2.41. The first-order valence-electron chi connectivity index (χ1n) is 7.53. The summed E-state index contributed by atoms with van der Waals surface area (Å²) < 4.78 is 43.7. The Morgan fingerprint density at radius 2 is 1.83 bits per heavy atom. The van der Waals surface area contributed by atoms with E-state index in [0.717, 1.165) is 0 Å². The molecule has 5 nitrogen and oxygen atoms in total. The molecule has 1 atom stereocenters. The molecule has 1 aromatic rings. The Morgan fingerprint density at radius 3 is 2.42 bits per heavy atom. The molecule has 0 aliphatic rings. The van der Waals surface area contributed by atoms with Gasteiger partial charge in [-0.05, 0) is 18.4 Å². The van der Waals surface area contributed by atoms with Crippen molar-refractivity contribution < 1.29 is 27.5 Å². The van der Waals surface area contributed by atoms with Gasteiger partial charge in [-0.1, -0.05) is 30.3 Å². The minimum atomic E-state index is -4.50. The van der Waals surface area contributed by atoms with Gasteiger partial charge < -0.3 is 10.1 Å². The van der Waals surface area contributed by atoms with E-state index < -0.39 is 24.7 Å². The lowest BCUT2D eigenvalue weighted by atomic mass is 10.1. The average Bonchev–Trinajstić information content (AvgIpc) is 2.54. The molecule has 134 valence electrons. The first-order chi connectivity index (χ1) is 11.3. The van der Waals surface area contributed by atoms with Crippen molar-refractivity contribution in [3.05, 3.63) is 35.9 Å². The van der Waals surface area contributed by atoms with Gasteiger partial charge in [0.15, 0.2) is 0 Å². The fourth-order valence-electron chi connectivity index (χ4n) is 2.05. The number of hydrogen-bond acceptors (Lipinski definition) is 4. The summed E-state index contributed by atoms with van der Waals surface area (Å²) >= 11 is 0. The second-order valence-electron chi connectivity index (χ2n) is 5.15. The summed E-state index contributed by atoms with van der Waals surface area (Å²) in [5.74, 6) is -0.864. The molecule has 0 saturated carbocycles. The maximum Gasteiger partial charge on any atom is 0.407 e. The number of amides is 1. The topological polar surface area (TPSA) is 67.4 Å². The van der Waals surface area contributed by atoms with Crippen molar-refractivity contribution in [2.24, 2.45) is 0 Å². The monoisotopic (exact) mass is 346 g/mol. The zero-order valence-electron chi connectivity index (χ0n) is 13.4. The number of nitrogens with one attached hydrogen (secondary N) is 2. The third-order valence-corrected chi connectivity index (χ3v) is 3.28. The second kappa shape index (κ2) is 9.92. The van der Waals surface area contributed by atoms with Gasteiger partial charge in [-0.3, -0.25) is 14.9 Å². The van der Waals surface area contributed by atoms with Crippen LogP contribution in [0.2, 0.25) is 0 Å². The number of ether oxygens (including phenoxy) is 1. The number of halogens is 3. The van der Waals surface area contributed by atoms with E-state index >= 15 is 0 Å². The molecule has 0 bridgehead atoms. The van der Waals surface area contributed by atoms with E-state index in [9.17, 15) is 22.8 Å². The molecule has 0 unspecified atom stereocenters. The number of rotatable bonds is 9. The maximum atomic E-state index is 13.1. The maximum absolute atomic E-state index is 13.1. The van der Waals surface area contributed by atoms with Gasteiger partial charge in [0.1, 0.15) is 6.04 Å². The zero-order valence-corrected chi connectivity index (χ0v) is 13.4. The predicted octanol–water partition coefficient (Wildman–Crippen LogP) is 2.34. The standard InChI is InChI=1S/C16H21F3N2O3/c1-24-14(23)9-5-6-10-20-13(22)11-21-15(16(17,18)19)12-7-3-2-4-8-12/h2-4,7-8,15,21H,5-6,9-11H2,1H3,(H,20,22)/t15-/m0/s1. The van der Waals surface area contributed by atoms with Crippen LogP contribution in [0.25, 0.3) is 0 Å². The predicted molar refractivity (Wildman–Crippen MR) is 82.1 cm³/mol. The number of unbranched alkanes of at least 4 members (excludes halogenated alkanes) is 1. The summed E-state index contributed by atoms with van der Waals surface area (Å²) in [6.45, 7) is -0.157. The Labute approximate surface area is 138 Å². The minimum absolute atomic E-state index is 0.0517. The van der Waals surface area contributed by atoms with Gasteiger partial charge in [-0.25, -0.2) is 0 Å². The summed E-state index contributed by atoms with van der Waals surface area (Å²) in [4.78, 5) is 22.5. The van der Waals surface area contributed by atoms with Crippen LogP contribution in [0, 0.1) is 0 Å². The number of carbonyl (C=O) groups is 2. The van der Waals surface area contributed by atoms with Crippen molar-refractivity contribution in [3.63, 3.8) is 0 Å². The average molecular weight is 346 g/mol. The van der Waals surface area contributed by atoms with E-state index in [-0.39, 0.29) is 18.0 Å². The first-order valence-corrected chi connectivity index (χ1v) is 7.53. The number of methoxy groups -OCH3 is 1. The van der Waals surface area contributed by atoms with Gasteiger partial charge in [0.2, 0.25) is 5.91 Å². The van der Waals surface area contributed by atoms with Gasteiger partial charge in [0.05, 0.1) is 13.7 Å². The second-order valence-corrected chi connectivity index (χ2v) is 5.15. The van der Waals surface area contributed by atoms with Gasteiger partial charge in [0.25, 0.3) is 0 Å². The van der Waals surface area contributed by atoms with Crippen molar-refractivity contribution in [2.75, 3.05) is 20.2 Å². The minimum Gasteiger partial charge on any atom is -0.469 e. The molecular formula is C16H21F3N2O3. The Balaban J connectivity index is 2.36. The van der Waals surface area contributed by atoms with Crippen LogP contribution in [0.1, 0.15) is 30.9 Å². The molecule has 0 heterocycles. The third-order valence-electron chi connectivity index (χ3n) is 3.28. The van der Waals surface area contributed by atoms with Gasteiger partial charge >= 0.3 is 12.1 Å². The van der Waals surface area contributed by atoms with Crippen molar-refractivity contribution in [3.8, 4) is 0 Å². The van der Waals surface area contributed by atoms with Crippen LogP contribution < -0.4 is 10.6 Å². The van der Waals surface area contributed by atoms with E-state index in [2.05, 4.69) is 15.4 Å². The molecule has 0 aromatic heterocycles. The van der Waals surface area contributed by atoms with E-state index in [1.807, 2.05) is 0 Å². The van der Waals surface area contributed by atoms with Crippen molar-refractivity contribution in [2.45, 2.75) is 31.5 Å². The fraction of sp³-hybridized carbons (Fsp3) is 0.500. The normalized spacial score (nSPS) is 12.5. The first kappa shape index (κ1) is 20.0. The lowest BCUT2D eigenvalue weighted by molar-refractivity contribution is -0.158. The largest absolute Gasteiger partial charge is 0.469 e. The van der Waals surface area contributed by atoms with E-state index in [0.29, 0.717) is 19.4 Å². The number of hydrogen-bond donors (Lipinski definition) is 2. The molecule has 0 radical (unpaired) electrons. The number of alkyl halides is 3. The number of carbonyl (C=O) groups excluding carboxylic acids is 2. The summed E-state index contributed by atoms with van der Waals surface area (Å²) in [6, 6.07) is 5.46. The van der Waals surface area contributed by atoms with Crippen molar-refractivity contribution >= 4 is 11.9 Å². The van der Waals surface area contributed by atoms with Crippen LogP contribution in [-0.4, -0.2) is 38.3 Å². The van der Waals surface area contributed by atoms with E-state index in [4.69, 9.17) is 0 Å². The van der Waals surface area contributed by atoms with Gasteiger partial charge in [-0.2, -0.15) is 13.2 Å². The molecule has 2 N–H and O–H groups in total. The Morgan fingerprint density at radius 1 is 1.17 bits per heavy atom. The van der Waals surface area contributed by atoms with Crippen LogP contribution >= 0.6 is 0 Å². The quantitative estimate of drug-likeness (QED) is 0.532. The molecule has 24 heavy (non-hydrogen) atoms. The smallest absolute Gasteiger partial charge is 0.407 e. The number of benzene rings is 1. The van der Waals surface area contributed by atoms with E-state index in [1.165, 1.54) is 31.4 Å². The molecule has 8 heteroatoms. The molecular weight excluding hydrogens is 325 g/mol. The highest BCUT2D eigenvalue weighted by Crippen LogP contribution is 2.32. The van der Waals surface area contributed by atoms with Crippen LogP contribution in [0.3, 0.4) is 0 Å². The molecule has 1 aromatic carbocycles. The van der Waals surface area contributed by atoms with Gasteiger partial charge in [0, 0.05) is 13.0 Å². The summed E-state index contributed by atoms with van der Waals surface area (Å²) in [7, 11) is 1.29. The van der Waals surface area contributed by atoms with Crippen LogP contribution in [0.15, 0.2) is 30.3 Å². The zero-order chi connectivity index (χ0) is 18.0. The molecule has 0 aliphatic carbocycles. The Hall–Kier alpha value is -2.09. The molecule has 1 amide bonds. The third kappa shape index (κ3) is 7.45.